The standard InChI is InChI=1S/C20H21N3O3/c24-20(17-12-7-13-25-17)23(16-10-5-2-6-11-16)14-18-21-19(22-26-18)15-8-3-1-4-9-15/h1,3-4,7-9,12-13,16H,2,5-6,10-11,14H2. The van der Waals surface area contributed by atoms with Crippen molar-refractivity contribution in [1.29, 1.82) is 0 Å². The first-order valence-electron chi connectivity index (χ1n) is 9.04. The number of carbonyl (C=O) groups excluding carboxylic acids is 1. The van der Waals surface area contributed by atoms with E-state index in [0.717, 1.165) is 31.2 Å². The van der Waals surface area contributed by atoms with E-state index in [2.05, 4.69) is 10.1 Å². The maximum Gasteiger partial charge on any atom is 0.290 e. The number of nitrogens with zero attached hydrogens (tertiary/aromatic N) is 3. The van der Waals surface area contributed by atoms with Gasteiger partial charge in [0.25, 0.3) is 5.91 Å². The third-order valence-corrected chi connectivity index (χ3v) is 4.81. The molecule has 1 aliphatic rings. The number of hydrogen-bond donors (Lipinski definition) is 0. The molecule has 6 nitrogen and oxygen atoms in total. The lowest BCUT2D eigenvalue weighted by molar-refractivity contribution is 0.0554. The first kappa shape index (κ1) is 16.6. The van der Waals surface area contributed by atoms with Gasteiger partial charge >= 0.3 is 0 Å². The molecule has 1 amide bonds. The third kappa shape index (κ3) is 3.54. The highest BCUT2D eigenvalue weighted by atomic mass is 16.5. The highest BCUT2D eigenvalue weighted by Crippen LogP contribution is 2.26. The van der Waals surface area contributed by atoms with Gasteiger partial charge in [-0.1, -0.05) is 54.8 Å². The number of benzene rings is 1. The summed E-state index contributed by atoms with van der Waals surface area (Å²) in [5.41, 5.74) is 0.893. The van der Waals surface area contributed by atoms with E-state index in [1.165, 1.54) is 12.7 Å². The minimum absolute atomic E-state index is 0.124. The number of carbonyl (C=O) groups is 1. The fourth-order valence-corrected chi connectivity index (χ4v) is 3.47. The van der Waals surface area contributed by atoms with Crippen LogP contribution in [0.4, 0.5) is 0 Å². The van der Waals surface area contributed by atoms with Crippen molar-refractivity contribution in [1.82, 2.24) is 15.0 Å². The molecule has 0 N–H and O–H groups in total. The Hall–Kier alpha value is -2.89. The number of aromatic nitrogens is 2. The summed E-state index contributed by atoms with van der Waals surface area (Å²) in [6.07, 6.45) is 6.99. The fourth-order valence-electron chi connectivity index (χ4n) is 3.47. The van der Waals surface area contributed by atoms with E-state index < -0.39 is 0 Å². The Bertz CT molecular complexity index is 836. The van der Waals surface area contributed by atoms with Crippen LogP contribution in [0.25, 0.3) is 11.4 Å². The fraction of sp³-hybridized carbons (Fsp3) is 0.350. The molecule has 4 rings (SSSR count). The van der Waals surface area contributed by atoms with Crippen molar-refractivity contribution < 1.29 is 13.7 Å². The van der Waals surface area contributed by atoms with E-state index in [1.807, 2.05) is 35.2 Å². The van der Waals surface area contributed by atoms with Gasteiger partial charge in [0.15, 0.2) is 5.76 Å². The van der Waals surface area contributed by atoms with E-state index in [9.17, 15) is 4.79 Å². The van der Waals surface area contributed by atoms with Crippen LogP contribution in [0.15, 0.2) is 57.7 Å². The van der Waals surface area contributed by atoms with Gasteiger partial charge in [-0.2, -0.15) is 4.98 Å². The molecule has 0 atom stereocenters. The van der Waals surface area contributed by atoms with Gasteiger partial charge in [-0.15, -0.1) is 0 Å². The molecule has 134 valence electrons. The molecule has 0 unspecified atom stereocenters. The molecule has 0 saturated heterocycles. The Labute approximate surface area is 151 Å². The van der Waals surface area contributed by atoms with E-state index in [1.54, 1.807) is 12.1 Å². The van der Waals surface area contributed by atoms with Crippen LogP contribution in [0.1, 0.15) is 48.5 Å². The maximum absolute atomic E-state index is 12.9. The van der Waals surface area contributed by atoms with Gasteiger partial charge in [-0.25, -0.2) is 0 Å². The Morgan fingerprint density at radius 2 is 1.88 bits per heavy atom. The van der Waals surface area contributed by atoms with Crippen molar-refractivity contribution in [3.05, 3.63) is 60.4 Å². The van der Waals surface area contributed by atoms with Crippen LogP contribution in [0.3, 0.4) is 0 Å². The normalized spacial score (nSPS) is 15.1. The third-order valence-electron chi connectivity index (χ3n) is 4.81. The molecular weight excluding hydrogens is 330 g/mol. The van der Waals surface area contributed by atoms with Crippen LogP contribution in [0, 0.1) is 0 Å². The van der Waals surface area contributed by atoms with Gasteiger partial charge in [0.2, 0.25) is 11.7 Å². The lowest BCUT2D eigenvalue weighted by Crippen LogP contribution is -2.40. The topological polar surface area (TPSA) is 72.4 Å². The Morgan fingerprint density at radius 3 is 2.62 bits per heavy atom. The van der Waals surface area contributed by atoms with E-state index in [4.69, 9.17) is 8.94 Å². The second-order valence-corrected chi connectivity index (χ2v) is 6.58. The molecule has 0 bridgehead atoms. The Balaban J connectivity index is 1.56. The molecule has 0 aliphatic heterocycles. The smallest absolute Gasteiger partial charge is 0.290 e. The molecule has 1 aliphatic carbocycles. The Morgan fingerprint density at radius 1 is 1.08 bits per heavy atom. The number of rotatable bonds is 5. The minimum atomic E-state index is -0.124. The van der Waals surface area contributed by atoms with Crippen molar-refractivity contribution in [2.75, 3.05) is 0 Å². The molecule has 1 saturated carbocycles. The molecule has 6 heteroatoms. The first-order chi connectivity index (χ1) is 12.8. The van der Waals surface area contributed by atoms with Crippen molar-refractivity contribution in [2.45, 2.75) is 44.7 Å². The lowest BCUT2D eigenvalue weighted by atomic mass is 9.94. The molecule has 3 aromatic rings. The van der Waals surface area contributed by atoms with Gasteiger partial charge < -0.3 is 13.8 Å². The lowest BCUT2D eigenvalue weighted by Gasteiger charge is -2.32. The number of hydrogen-bond acceptors (Lipinski definition) is 5. The predicted molar refractivity (Wildman–Crippen MR) is 95.2 cm³/mol. The summed E-state index contributed by atoms with van der Waals surface area (Å²) < 4.78 is 10.7. The van der Waals surface area contributed by atoms with Crippen molar-refractivity contribution in [2.24, 2.45) is 0 Å². The van der Waals surface area contributed by atoms with Crippen LogP contribution >= 0.6 is 0 Å². The number of amides is 1. The summed E-state index contributed by atoms with van der Waals surface area (Å²) in [5, 5.41) is 4.06. The molecule has 26 heavy (non-hydrogen) atoms. The summed E-state index contributed by atoms with van der Waals surface area (Å²) in [5.74, 6) is 1.20. The molecular formula is C20H21N3O3. The zero-order valence-corrected chi connectivity index (χ0v) is 14.5. The van der Waals surface area contributed by atoms with E-state index in [-0.39, 0.29) is 11.9 Å². The second-order valence-electron chi connectivity index (χ2n) is 6.58. The summed E-state index contributed by atoms with van der Waals surface area (Å²) in [4.78, 5) is 19.2. The molecule has 1 aromatic carbocycles. The van der Waals surface area contributed by atoms with Gasteiger partial charge in [-0.3, -0.25) is 4.79 Å². The summed E-state index contributed by atoms with van der Waals surface area (Å²) in [7, 11) is 0. The largest absolute Gasteiger partial charge is 0.459 e. The quantitative estimate of drug-likeness (QED) is 0.685. The summed E-state index contributed by atoms with van der Waals surface area (Å²) >= 11 is 0. The summed E-state index contributed by atoms with van der Waals surface area (Å²) in [6.45, 7) is 0.296. The van der Waals surface area contributed by atoms with Crippen LogP contribution in [0.2, 0.25) is 0 Å². The van der Waals surface area contributed by atoms with Crippen LogP contribution in [-0.4, -0.2) is 27.0 Å². The predicted octanol–water partition coefficient (Wildman–Crippen LogP) is 4.30. The molecule has 2 aromatic heterocycles. The van der Waals surface area contributed by atoms with Crippen LogP contribution in [-0.2, 0) is 6.54 Å². The molecule has 0 spiro atoms. The zero-order chi connectivity index (χ0) is 17.8. The second kappa shape index (κ2) is 7.56. The van der Waals surface area contributed by atoms with Crippen LogP contribution < -0.4 is 0 Å². The number of furan rings is 1. The van der Waals surface area contributed by atoms with Crippen LogP contribution in [0.5, 0.6) is 0 Å². The average Bonchev–Trinajstić information content (AvgIpc) is 3.39. The molecule has 2 heterocycles. The minimum Gasteiger partial charge on any atom is -0.459 e. The van der Waals surface area contributed by atoms with Crippen molar-refractivity contribution >= 4 is 5.91 Å². The zero-order valence-electron chi connectivity index (χ0n) is 14.5. The Kier molecular flexibility index (Phi) is 4.82. The van der Waals surface area contributed by atoms with Gasteiger partial charge in [0.1, 0.15) is 6.54 Å². The van der Waals surface area contributed by atoms with Gasteiger partial charge in [-0.05, 0) is 25.0 Å². The monoisotopic (exact) mass is 351 g/mol. The highest BCUT2D eigenvalue weighted by Gasteiger charge is 2.29. The summed E-state index contributed by atoms with van der Waals surface area (Å²) in [6, 6.07) is 13.3. The van der Waals surface area contributed by atoms with Gasteiger partial charge in [0, 0.05) is 11.6 Å². The SMILES string of the molecule is O=C(c1ccco1)N(Cc1nc(-c2ccccc2)no1)C1CCCCC1. The molecule has 1 fully saturated rings. The van der Waals surface area contributed by atoms with E-state index >= 15 is 0 Å². The van der Waals surface area contributed by atoms with Gasteiger partial charge in [0.05, 0.1) is 6.26 Å². The van der Waals surface area contributed by atoms with E-state index in [0.29, 0.717) is 24.0 Å². The maximum atomic E-state index is 12.9. The highest BCUT2D eigenvalue weighted by molar-refractivity contribution is 5.91. The average molecular weight is 351 g/mol. The first-order valence-corrected chi connectivity index (χ1v) is 9.04. The molecule has 0 radical (unpaired) electrons. The van der Waals surface area contributed by atoms with Crippen molar-refractivity contribution in [3.8, 4) is 11.4 Å². The van der Waals surface area contributed by atoms with Crippen molar-refractivity contribution in [3.63, 3.8) is 0 Å².